The van der Waals surface area contributed by atoms with Crippen LogP contribution in [0.5, 0.6) is 5.75 Å². The summed E-state index contributed by atoms with van der Waals surface area (Å²) in [6.07, 6.45) is -0.350. The number of thioether (sulfide) groups is 1. The average molecular weight is 373 g/mol. The second-order valence-electron chi connectivity index (χ2n) is 5.17. The minimum absolute atomic E-state index is 0.172. The summed E-state index contributed by atoms with van der Waals surface area (Å²) < 4.78 is 26.9. The predicted octanol–water partition coefficient (Wildman–Crippen LogP) is 2.79. The van der Waals surface area contributed by atoms with E-state index < -0.39 is 13.6 Å². The molecule has 1 saturated heterocycles. The molecule has 0 aliphatic carbocycles. The van der Waals surface area contributed by atoms with Gasteiger partial charge in [0.15, 0.2) is 5.78 Å². The number of Topliss-reactive ketones (excluding diaryl/α,β-unsaturated/α-hetero) is 1. The molecule has 132 valence electrons. The zero-order valence-corrected chi connectivity index (χ0v) is 15.5. The van der Waals surface area contributed by atoms with Crippen LogP contribution in [0.25, 0.3) is 0 Å². The fourth-order valence-corrected chi connectivity index (χ4v) is 4.34. The van der Waals surface area contributed by atoms with Gasteiger partial charge in [0.1, 0.15) is 18.0 Å². The van der Waals surface area contributed by atoms with E-state index in [0.717, 1.165) is 23.1 Å². The largest absolute Gasteiger partial charge is 0.497 e. The molecule has 1 aromatic carbocycles. The van der Waals surface area contributed by atoms with Crippen LogP contribution >= 0.6 is 19.4 Å². The van der Waals surface area contributed by atoms with Crippen molar-refractivity contribution in [3.8, 4) is 5.75 Å². The maximum absolute atomic E-state index is 12.5. The summed E-state index contributed by atoms with van der Waals surface area (Å²) in [5.74, 6) is 0.727. The number of ketones is 1. The van der Waals surface area contributed by atoms with Crippen LogP contribution in [0.15, 0.2) is 24.3 Å². The molecular weight excluding hydrogens is 353 g/mol. The lowest BCUT2D eigenvalue weighted by Gasteiger charge is -2.24. The molecule has 1 aliphatic heterocycles. The monoisotopic (exact) mass is 373 g/mol. The molecule has 0 radical (unpaired) electrons. The number of methoxy groups -OCH3 is 1. The van der Waals surface area contributed by atoms with Crippen LogP contribution in [0.3, 0.4) is 0 Å². The fourth-order valence-electron chi connectivity index (χ4n) is 2.32. The van der Waals surface area contributed by atoms with Crippen LogP contribution in [0.2, 0.25) is 0 Å². The van der Waals surface area contributed by atoms with Crippen LogP contribution in [0.4, 0.5) is 4.79 Å². The summed E-state index contributed by atoms with van der Waals surface area (Å²) in [7, 11) is 0.610. The van der Waals surface area contributed by atoms with Crippen molar-refractivity contribution in [1.82, 2.24) is 4.90 Å². The van der Waals surface area contributed by atoms with Crippen molar-refractivity contribution in [2.75, 3.05) is 33.2 Å². The molecule has 0 saturated carbocycles. The zero-order valence-electron chi connectivity index (χ0n) is 13.8. The number of hydrogen-bond acceptors (Lipinski definition) is 7. The summed E-state index contributed by atoms with van der Waals surface area (Å²) in [6.45, 7) is 0.302. The van der Waals surface area contributed by atoms with E-state index in [1.165, 1.54) is 19.1 Å². The SMILES string of the molecule is COc1ccc(CN2C(=O)SCC2C(=O)CP(=O)(OC)OC)cc1. The molecule has 1 fully saturated rings. The third-order valence-electron chi connectivity index (χ3n) is 3.76. The van der Waals surface area contributed by atoms with E-state index in [9.17, 15) is 14.2 Å². The number of hydrogen-bond donors (Lipinski definition) is 0. The molecule has 1 unspecified atom stereocenters. The maximum Gasteiger partial charge on any atom is 0.337 e. The van der Waals surface area contributed by atoms with Crippen LogP contribution in [0, 0.1) is 0 Å². The van der Waals surface area contributed by atoms with E-state index in [4.69, 9.17) is 13.8 Å². The highest BCUT2D eigenvalue weighted by molar-refractivity contribution is 8.13. The van der Waals surface area contributed by atoms with Gasteiger partial charge in [-0.25, -0.2) is 0 Å². The number of carbonyl (C=O) groups excluding carboxylic acids is 2. The molecule has 0 aromatic heterocycles. The number of rotatable bonds is 8. The molecule has 1 aliphatic rings. The van der Waals surface area contributed by atoms with E-state index in [1.807, 2.05) is 12.1 Å². The maximum atomic E-state index is 12.5. The summed E-state index contributed by atoms with van der Waals surface area (Å²) in [6, 6.07) is 6.63. The van der Waals surface area contributed by atoms with Gasteiger partial charge in [-0.05, 0) is 17.7 Å². The van der Waals surface area contributed by atoms with Crippen molar-refractivity contribution in [2.45, 2.75) is 12.6 Å². The second kappa shape index (κ2) is 8.16. The number of nitrogens with zero attached hydrogens (tertiary/aromatic N) is 1. The predicted molar refractivity (Wildman–Crippen MR) is 91.7 cm³/mol. The molecular formula is C15H20NO6PS. The van der Waals surface area contributed by atoms with Gasteiger partial charge in [-0.15, -0.1) is 0 Å². The Balaban J connectivity index is 2.10. The van der Waals surface area contributed by atoms with Crippen LogP contribution in [-0.4, -0.2) is 55.2 Å². The zero-order chi connectivity index (χ0) is 17.7. The molecule has 0 spiro atoms. The highest BCUT2D eigenvalue weighted by Gasteiger charge is 2.39. The normalized spacial score (nSPS) is 18.0. The first-order valence-electron chi connectivity index (χ1n) is 7.22. The molecule has 2 rings (SSSR count). The summed E-state index contributed by atoms with van der Waals surface area (Å²) in [5.41, 5.74) is 0.881. The Hall–Kier alpha value is -1.34. The van der Waals surface area contributed by atoms with Crippen LogP contribution in [0.1, 0.15) is 5.56 Å². The molecule has 0 N–H and O–H groups in total. The Labute approximate surface area is 145 Å². The first-order valence-corrected chi connectivity index (χ1v) is 9.93. The van der Waals surface area contributed by atoms with Gasteiger partial charge in [-0.2, -0.15) is 0 Å². The summed E-state index contributed by atoms with van der Waals surface area (Å²) >= 11 is 1.08. The topological polar surface area (TPSA) is 82.1 Å². The molecule has 9 heteroatoms. The quantitative estimate of drug-likeness (QED) is 0.648. The second-order valence-corrected chi connectivity index (χ2v) is 8.41. The molecule has 1 amide bonds. The third kappa shape index (κ3) is 4.39. The first kappa shape index (κ1) is 19.0. The van der Waals surface area contributed by atoms with E-state index in [2.05, 4.69) is 0 Å². The van der Waals surface area contributed by atoms with Crippen molar-refractivity contribution in [3.05, 3.63) is 29.8 Å². The molecule has 1 aromatic rings. The standard InChI is InChI=1S/C15H20NO6PS/c1-20-12-6-4-11(5-7-12)8-16-13(10-24-15(16)18)14(17)9-23(19,21-2)22-3/h4-7,13H,8-10H2,1-3H3. The lowest BCUT2D eigenvalue weighted by atomic mass is 10.1. The number of carbonyl (C=O) groups is 2. The average Bonchev–Trinajstić information content (AvgIpc) is 2.96. The van der Waals surface area contributed by atoms with Gasteiger partial charge in [0.2, 0.25) is 0 Å². The molecule has 1 heterocycles. The smallest absolute Gasteiger partial charge is 0.337 e. The Morgan fingerprint density at radius 1 is 1.25 bits per heavy atom. The van der Waals surface area contributed by atoms with E-state index in [-0.39, 0.29) is 17.2 Å². The minimum atomic E-state index is -3.44. The summed E-state index contributed by atoms with van der Waals surface area (Å²) in [4.78, 5) is 26.1. The van der Waals surface area contributed by atoms with Gasteiger partial charge in [-0.3, -0.25) is 14.2 Å². The Morgan fingerprint density at radius 3 is 2.42 bits per heavy atom. The van der Waals surface area contributed by atoms with Crippen molar-refractivity contribution >= 4 is 30.4 Å². The minimum Gasteiger partial charge on any atom is -0.497 e. The number of benzene rings is 1. The molecule has 24 heavy (non-hydrogen) atoms. The Kier molecular flexibility index (Phi) is 6.46. The van der Waals surface area contributed by atoms with Crippen LogP contribution < -0.4 is 4.74 Å². The molecule has 0 bridgehead atoms. The van der Waals surface area contributed by atoms with Crippen molar-refractivity contribution < 1.29 is 27.9 Å². The van der Waals surface area contributed by atoms with Crippen molar-refractivity contribution in [2.24, 2.45) is 0 Å². The van der Waals surface area contributed by atoms with Crippen molar-refractivity contribution in [3.63, 3.8) is 0 Å². The van der Waals surface area contributed by atoms with Crippen LogP contribution in [-0.2, 0) is 25.0 Å². The lowest BCUT2D eigenvalue weighted by Crippen LogP contribution is -2.40. The highest BCUT2D eigenvalue weighted by atomic mass is 32.2. The molecule has 1 atom stereocenters. The van der Waals surface area contributed by atoms with Crippen molar-refractivity contribution in [1.29, 1.82) is 0 Å². The lowest BCUT2D eigenvalue weighted by molar-refractivity contribution is -0.120. The Bertz CT molecular complexity index is 642. The first-order chi connectivity index (χ1) is 11.4. The van der Waals surface area contributed by atoms with Gasteiger partial charge >= 0.3 is 7.60 Å². The van der Waals surface area contributed by atoms with Gasteiger partial charge in [-0.1, -0.05) is 23.9 Å². The van der Waals surface area contributed by atoms with Gasteiger partial charge in [0.05, 0.1) is 7.11 Å². The molecule has 7 nitrogen and oxygen atoms in total. The van der Waals surface area contributed by atoms with Gasteiger partial charge in [0.25, 0.3) is 5.24 Å². The van der Waals surface area contributed by atoms with Gasteiger partial charge < -0.3 is 18.7 Å². The third-order valence-corrected chi connectivity index (χ3v) is 6.54. The number of ether oxygens (including phenoxy) is 1. The fraction of sp³-hybridized carbons (Fsp3) is 0.467. The van der Waals surface area contributed by atoms with Gasteiger partial charge in [0, 0.05) is 26.5 Å². The van der Waals surface area contributed by atoms with E-state index >= 15 is 0 Å². The van der Waals surface area contributed by atoms with E-state index in [0.29, 0.717) is 12.3 Å². The Morgan fingerprint density at radius 2 is 1.88 bits per heavy atom. The number of amides is 1. The van der Waals surface area contributed by atoms with E-state index in [1.54, 1.807) is 19.2 Å². The highest BCUT2D eigenvalue weighted by Crippen LogP contribution is 2.46. The summed E-state index contributed by atoms with van der Waals surface area (Å²) in [5, 5.41) is -0.172.